The second kappa shape index (κ2) is 17.5. The van der Waals surface area contributed by atoms with E-state index in [1.54, 1.807) is 27.7 Å². The summed E-state index contributed by atoms with van der Waals surface area (Å²) in [6.45, 7) is 6.92. The number of thiol groups is 1. The molecule has 42 heavy (non-hydrogen) atoms. The molecule has 16 heteroatoms. The highest BCUT2D eigenvalue weighted by atomic mass is 32.1. The van der Waals surface area contributed by atoms with Crippen molar-refractivity contribution in [2.24, 2.45) is 11.8 Å². The number of aliphatic carboxylic acids is 3. The third kappa shape index (κ3) is 11.1. The number of carboxylic acid groups (broad SMARTS) is 3. The molecule has 0 aromatic rings. The lowest BCUT2D eigenvalue weighted by Crippen LogP contribution is -2.61. The van der Waals surface area contributed by atoms with Crippen LogP contribution < -0.4 is 21.3 Å². The summed E-state index contributed by atoms with van der Waals surface area (Å²) in [5.74, 6) is -7.39. The fraction of sp³-hybridized carbons (Fsp3) is 0.731. The van der Waals surface area contributed by atoms with E-state index in [1.807, 2.05) is 0 Å². The molecule has 1 rings (SSSR count). The molecule has 4 amide bonds. The second-order valence-corrected chi connectivity index (χ2v) is 11.0. The first-order valence-electron chi connectivity index (χ1n) is 13.9. The Balaban J connectivity index is 3.11. The zero-order chi connectivity index (χ0) is 32.1. The quantitative estimate of drug-likeness (QED) is 0.0874. The van der Waals surface area contributed by atoms with Crippen LogP contribution in [-0.2, 0) is 33.6 Å². The van der Waals surface area contributed by atoms with Crippen LogP contribution in [0.5, 0.6) is 0 Å². The lowest BCUT2D eigenvalue weighted by Gasteiger charge is -2.33. The number of likely N-dealkylation sites (tertiary alicyclic amines) is 1. The molecule has 0 aliphatic carbocycles. The predicted molar refractivity (Wildman–Crippen MR) is 153 cm³/mol. The second-order valence-electron chi connectivity index (χ2n) is 10.6. The minimum absolute atomic E-state index is 0.141. The van der Waals surface area contributed by atoms with Gasteiger partial charge in [-0.3, -0.25) is 28.8 Å². The highest BCUT2D eigenvalue weighted by Crippen LogP contribution is 2.21. The standard InChI is InChI=1S/C26H43N5O10S/c1-5-14(4)21(30-22(36)15(11-19(34)35)27-9-8-18(32)33)24(38)29-20(13(2)3)25(39)31-10-6-7-17(31)23(37)28-16(12-42)26(40)41/h13-17,20-21,27,42H,5-12H2,1-4H3,(H,28,37)(H,29,38)(H,30,36)(H,32,33)(H,34,35)(H,40,41)/t14-,15-,16-,17-,20-,21-/m0/s1. The fourth-order valence-electron chi connectivity index (χ4n) is 4.43. The molecule has 0 radical (unpaired) electrons. The van der Waals surface area contributed by atoms with E-state index in [1.165, 1.54) is 4.90 Å². The number of carbonyl (C=O) groups excluding carboxylic acids is 4. The van der Waals surface area contributed by atoms with Crippen molar-refractivity contribution in [3.05, 3.63) is 0 Å². The van der Waals surface area contributed by atoms with E-state index in [2.05, 4.69) is 33.9 Å². The minimum Gasteiger partial charge on any atom is -0.481 e. The molecule has 1 aliphatic rings. The Morgan fingerprint density at radius 3 is 2.00 bits per heavy atom. The molecule has 1 saturated heterocycles. The van der Waals surface area contributed by atoms with Crippen LogP contribution in [0, 0.1) is 11.8 Å². The molecule has 238 valence electrons. The van der Waals surface area contributed by atoms with Crippen molar-refractivity contribution in [3.63, 3.8) is 0 Å². The molecule has 0 bridgehead atoms. The number of hydrogen-bond acceptors (Lipinski definition) is 9. The topological polar surface area (TPSA) is 232 Å². The number of rotatable bonds is 18. The van der Waals surface area contributed by atoms with Gasteiger partial charge in [-0.25, -0.2) is 4.79 Å². The van der Waals surface area contributed by atoms with Crippen LogP contribution in [0.15, 0.2) is 0 Å². The van der Waals surface area contributed by atoms with Gasteiger partial charge < -0.3 is 41.5 Å². The van der Waals surface area contributed by atoms with Gasteiger partial charge in [0.1, 0.15) is 24.2 Å². The normalized spacial score (nSPS) is 18.3. The SMILES string of the molecule is CC[C@H](C)[C@H](NC(=O)[C@H](CC(=O)O)NCCC(=O)O)C(=O)N[C@H](C(=O)N1CCC[C@H]1C(=O)N[C@@H](CS)C(=O)O)C(C)C. The Hall–Kier alpha value is -3.40. The summed E-state index contributed by atoms with van der Waals surface area (Å²) in [4.78, 5) is 87.7. The Labute approximate surface area is 249 Å². The van der Waals surface area contributed by atoms with Crippen LogP contribution in [0.2, 0.25) is 0 Å². The van der Waals surface area contributed by atoms with Crippen molar-refractivity contribution < 1.29 is 48.9 Å². The maximum Gasteiger partial charge on any atom is 0.327 e. The van der Waals surface area contributed by atoms with Crippen LogP contribution in [0.1, 0.15) is 59.8 Å². The van der Waals surface area contributed by atoms with Crippen molar-refractivity contribution in [2.45, 2.75) is 90.0 Å². The molecule has 0 saturated carbocycles. The number of carboxylic acids is 3. The average Bonchev–Trinajstić information content (AvgIpc) is 3.41. The maximum atomic E-state index is 13.6. The van der Waals surface area contributed by atoms with Gasteiger partial charge in [-0.05, 0) is 24.7 Å². The molecule has 0 unspecified atom stereocenters. The summed E-state index contributed by atoms with van der Waals surface area (Å²) in [6.07, 6.45) is 0.242. The summed E-state index contributed by atoms with van der Waals surface area (Å²) in [5.41, 5.74) is 0. The summed E-state index contributed by atoms with van der Waals surface area (Å²) in [6, 6.07) is -5.71. The van der Waals surface area contributed by atoms with Crippen molar-refractivity contribution in [3.8, 4) is 0 Å². The van der Waals surface area contributed by atoms with E-state index in [0.717, 1.165) is 0 Å². The van der Waals surface area contributed by atoms with Crippen LogP contribution >= 0.6 is 12.6 Å². The number of amides is 4. The van der Waals surface area contributed by atoms with Crippen LogP contribution in [0.25, 0.3) is 0 Å². The summed E-state index contributed by atoms with van der Waals surface area (Å²) >= 11 is 3.94. The Bertz CT molecular complexity index is 1010. The van der Waals surface area contributed by atoms with Crippen LogP contribution in [0.3, 0.4) is 0 Å². The Morgan fingerprint density at radius 1 is 0.881 bits per heavy atom. The molecular weight excluding hydrogens is 574 g/mol. The highest BCUT2D eigenvalue weighted by Gasteiger charge is 2.40. The largest absolute Gasteiger partial charge is 0.481 e. The van der Waals surface area contributed by atoms with Crippen molar-refractivity contribution in [1.82, 2.24) is 26.2 Å². The molecule has 0 aromatic carbocycles. The molecule has 1 fully saturated rings. The van der Waals surface area contributed by atoms with E-state index in [4.69, 9.17) is 5.11 Å². The maximum absolute atomic E-state index is 13.6. The predicted octanol–water partition coefficient (Wildman–Crippen LogP) is -0.944. The zero-order valence-corrected chi connectivity index (χ0v) is 25.2. The highest BCUT2D eigenvalue weighted by molar-refractivity contribution is 7.80. The molecule has 0 aromatic heterocycles. The summed E-state index contributed by atoms with van der Waals surface area (Å²) in [5, 5.41) is 37.5. The molecule has 15 nitrogen and oxygen atoms in total. The first-order chi connectivity index (χ1) is 19.6. The summed E-state index contributed by atoms with van der Waals surface area (Å²) < 4.78 is 0. The number of nitrogens with zero attached hydrogens (tertiary/aromatic N) is 1. The summed E-state index contributed by atoms with van der Waals surface area (Å²) in [7, 11) is 0. The van der Waals surface area contributed by atoms with Gasteiger partial charge in [-0.1, -0.05) is 34.1 Å². The lowest BCUT2D eigenvalue weighted by molar-refractivity contribution is -0.145. The molecule has 0 spiro atoms. The lowest BCUT2D eigenvalue weighted by atomic mass is 9.95. The van der Waals surface area contributed by atoms with Crippen molar-refractivity contribution in [2.75, 3.05) is 18.8 Å². The first-order valence-corrected chi connectivity index (χ1v) is 14.5. The fourth-order valence-corrected chi connectivity index (χ4v) is 4.68. The van der Waals surface area contributed by atoms with Gasteiger partial charge in [0.2, 0.25) is 23.6 Å². The first kappa shape index (κ1) is 36.6. The smallest absolute Gasteiger partial charge is 0.327 e. The minimum atomic E-state index is -1.31. The van der Waals surface area contributed by atoms with Gasteiger partial charge in [0.25, 0.3) is 0 Å². The molecular formula is C26H43N5O10S. The Kier molecular flexibility index (Phi) is 15.3. The third-order valence-electron chi connectivity index (χ3n) is 7.08. The van der Waals surface area contributed by atoms with Crippen molar-refractivity contribution in [1.29, 1.82) is 0 Å². The zero-order valence-electron chi connectivity index (χ0n) is 24.3. The van der Waals surface area contributed by atoms with Gasteiger partial charge in [0.15, 0.2) is 0 Å². The molecule has 1 heterocycles. The number of nitrogens with one attached hydrogen (secondary N) is 4. The Morgan fingerprint density at radius 2 is 1.50 bits per heavy atom. The van der Waals surface area contributed by atoms with Gasteiger partial charge in [0, 0.05) is 18.8 Å². The van der Waals surface area contributed by atoms with Crippen LogP contribution in [-0.4, -0.2) is 111 Å². The van der Waals surface area contributed by atoms with E-state index < -0.39 is 90.0 Å². The molecule has 6 atom stereocenters. The van der Waals surface area contributed by atoms with Gasteiger partial charge in [-0.2, -0.15) is 12.6 Å². The molecule has 7 N–H and O–H groups in total. The average molecular weight is 618 g/mol. The molecule has 1 aliphatic heterocycles. The third-order valence-corrected chi connectivity index (χ3v) is 7.45. The number of carbonyl (C=O) groups is 7. The van der Waals surface area contributed by atoms with E-state index >= 15 is 0 Å². The van der Waals surface area contributed by atoms with E-state index in [9.17, 15) is 43.8 Å². The van der Waals surface area contributed by atoms with Crippen LogP contribution in [0.4, 0.5) is 0 Å². The number of hydrogen-bond donors (Lipinski definition) is 8. The van der Waals surface area contributed by atoms with Crippen molar-refractivity contribution >= 4 is 54.2 Å². The van der Waals surface area contributed by atoms with E-state index in [0.29, 0.717) is 19.3 Å². The monoisotopic (exact) mass is 617 g/mol. The van der Waals surface area contributed by atoms with E-state index in [-0.39, 0.29) is 25.3 Å². The van der Waals surface area contributed by atoms with Gasteiger partial charge in [0.05, 0.1) is 18.9 Å². The van der Waals surface area contributed by atoms with Gasteiger partial charge in [-0.15, -0.1) is 0 Å². The van der Waals surface area contributed by atoms with Gasteiger partial charge >= 0.3 is 17.9 Å².